The molecular formula is C13H19F2NO4S. The molecule has 0 aliphatic heterocycles. The molecule has 0 aliphatic carbocycles. The van der Waals surface area contributed by atoms with E-state index in [1.807, 2.05) is 0 Å². The Balaban J connectivity index is 2.53. The molecule has 0 unspecified atom stereocenters. The molecule has 0 heterocycles. The minimum Gasteiger partial charge on any atom is -0.384 e. The number of methoxy groups -OCH3 is 1. The van der Waals surface area contributed by atoms with Crippen LogP contribution < -0.4 is 5.32 Å². The molecule has 1 rings (SSSR count). The predicted molar refractivity (Wildman–Crippen MR) is 75.4 cm³/mol. The zero-order valence-electron chi connectivity index (χ0n) is 11.7. The van der Waals surface area contributed by atoms with Crippen molar-refractivity contribution in [1.82, 2.24) is 0 Å². The fraction of sp³-hybridized carbons (Fsp3) is 0.538. The fourth-order valence-electron chi connectivity index (χ4n) is 1.60. The summed E-state index contributed by atoms with van der Waals surface area (Å²) in [6.07, 6.45) is 0.618. The van der Waals surface area contributed by atoms with Crippen LogP contribution in [0.15, 0.2) is 29.2 Å². The van der Waals surface area contributed by atoms with Gasteiger partial charge in [0, 0.05) is 20.3 Å². The van der Waals surface area contributed by atoms with Crippen molar-refractivity contribution < 1.29 is 26.7 Å². The Kier molecular flexibility index (Phi) is 7.55. The average Bonchev–Trinajstić information content (AvgIpc) is 2.46. The monoisotopic (exact) mass is 323 g/mol. The molecule has 0 aromatic heterocycles. The molecule has 0 saturated heterocycles. The standard InChI is InChI=1S/C13H19F2NO4S/c1-19-9-10-20-8-4-7-16-11-5-2-3-6-12(11)21(17,18)13(14)15/h2-3,5-6,13,16H,4,7-10H2,1H3. The third-order valence-corrected chi connectivity index (χ3v) is 4.08. The van der Waals surface area contributed by atoms with Crippen molar-refractivity contribution in [2.24, 2.45) is 0 Å². The smallest absolute Gasteiger partial charge is 0.341 e. The number of halogens is 2. The van der Waals surface area contributed by atoms with Crippen LogP contribution in [-0.2, 0) is 19.3 Å². The van der Waals surface area contributed by atoms with E-state index in [0.717, 1.165) is 0 Å². The summed E-state index contributed by atoms with van der Waals surface area (Å²) in [6.45, 7) is 1.87. The SMILES string of the molecule is COCCOCCCNc1ccccc1S(=O)(=O)C(F)F. The Morgan fingerprint density at radius 1 is 1.19 bits per heavy atom. The third kappa shape index (κ3) is 5.56. The Morgan fingerprint density at radius 3 is 2.57 bits per heavy atom. The lowest BCUT2D eigenvalue weighted by Crippen LogP contribution is -2.15. The van der Waals surface area contributed by atoms with E-state index in [-0.39, 0.29) is 10.6 Å². The van der Waals surface area contributed by atoms with Gasteiger partial charge in [0.2, 0.25) is 9.84 Å². The molecular weight excluding hydrogens is 304 g/mol. The van der Waals surface area contributed by atoms with Gasteiger partial charge in [-0.25, -0.2) is 8.42 Å². The van der Waals surface area contributed by atoms with Crippen molar-refractivity contribution >= 4 is 15.5 Å². The normalized spacial score (nSPS) is 11.8. The second-order valence-corrected chi connectivity index (χ2v) is 6.07. The van der Waals surface area contributed by atoms with Crippen molar-refractivity contribution in [2.45, 2.75) is 17.1 Å². The van der Waals surface area contributed by atoms with Crippen LogP contribution in [-0.4, -0.2) is 47.7 Å². The van der Waals surface area contributed by atoms with Crippen LogP contribution >= 0.6 is 0 Å². The summed E-state index contributed by atoms with van der Waals surface area (Å²) in [4.78, 5) is -0.389. The van der Waals surface area contributed by atoms with Crippen LogP contribution in [0.2, 0.25) is 0 Å². The lowest BCUT2D eigenvalue weighted by molar-refractivity contribution is 0.0705. The summed E-state index contributed by atoms with van der Waals surface area (Å²) in [7, 11) is -3.03. The van der Waals surface area contributed by atoms with Gasteiger partial charge in [-0.3, -0.25) is 0 Å². The van der Waals surface area contributed by atoms with Crippen molar-refractivity contribution in [3.63, 3.8) is 0 Å². The number of alkyl halides is 2. The Labute approximate surface area is 123 Å². The van der Waals surface area contributed by atoms with Crippen LogP contribution in [0, 0.1) is 0 Å². The van der Waals surface area contributed by atoms with Gasteiger partial charge in [-0.15, -0.1) is 0 Å². The quantitative estimate of drug-likeness (QED) is 0.668. The first-order valence-corrected chi connectivity index (χ1v) is 7.96. The molecule has 0 fully saturated rings. The first kappa shape index (κ1) is 17.8. The first-order valence-electron chi connectivity index (χ1n) is 6.41. The molecule has 8 heteroatoms. The number of hydrogen-bond acceptors (Lipinski definition) is 5. The predicted octanol–water partition coefficient (Wildman–Crippen LogP) is 2.15. The number of para-hydroxylation sites is 1. The maximum absolute atomic E-state index is 12.6. The summed E-state index contributed by atoms with van der Waals surface area (Å²) in [5, 5.41) is 2.84. The number of rotatable bonds is 10. The van der Waals surface area contributed by atoms with Crippen LogP contribution in [0.1, 0.15) is 6.42 Å². The summed E-state index contributed by atoms with van der Waals surface area (Å²) >= 11 is 0. The third-order valence-electron chi connectivity index (χ3n) is 2.64. The van der Waals surface area contributed by atoms with E-state index in [1.54, 1.807) is 13.2 Å². The molecule has 0 radical (unpaired) electrons. The highest BCUT2D eigenvalue weighted by Gasteiger charge is 2.28. The van der Waals surface area contributed by atoms with Crippen LogP contribution in [0.4, 0.5) is 14.5 Å². The maximum atomic E-state index is 12.6. The molecule has 1 N–H and O–H groups in total. The van der Waals surface area contributed by atoms with Gasteiger partial charge in [0.1, 0.15) is 0 Å². The van der Waals surface area contributed by atoms with Gasteiger partial charge in [-0.2, -0.15) is 8.78 Å². The number of benzene rings is 1. The van der Waals surface area contributed by atoms with Gasteiger partial charge >= 0.3 is 5.76 Å². The molecule has 120 valence electrons. The highest BCUT2D eigenvalue weighted by molar-refractivity contribution is 7.91. The van der Waals surface area contributed by atoms with Crippen LogP contribution in [0.5, 0.6) is 0 Å². The summed E-state index contributed by atoms with van der Waals surface area (Å²) in [5.74, 6) is -3.43. The van der Waals surface area contributed by atoms with Crippen molar-refractivity contribution in [2.75, 3.05) is 38.8 Å². The van der Waals surface area contributed by atoms with Gasteiger partial charge in [0.25, 0.3) is 0 Å². The minimum absolute atomic E-state index is 0.176. The van der Waals surface area contributed by atoms with Gasteiger partial charge in [-0.05, 0) is 18.6 Å². The fourth-order valence-corrected chi connectivity index (χ4v) is 2.51. The number of nitrogens with one attached hydrogen (secondary N) is 1. The van der Waals surface area contributed by atoms with E-state index in [1.165, 1.54) is 18.2 Å². The molecule has 0 bridgehead atoms. The van der Waals surface area contributed by atoms with Gasteiger partial charge in [0.05, 0.1) is 23.8 Å². The Morgan fingerprint density at radius 2 is 1.90 bits per heavy atom. The molecule has 0 aliphatic rings. The van der Waals surface area contributed by atoms with E-state index in [4.69, 9.17) is 9.47 Å². The van der Waals surface area contributed by atoms with E-state index in [0.29, 0.717) is 32.8 Å². The summed E-state index contributed by atoms with van der Waals surface area (Å²) < 4.78 is 58.3. The molecule has 0 atom stereocenters. The Hall–Kier alpha value is -1.25. The highest BCUT2D eigenvalue weighted by atomic mass is 32.2. The van der Waals surface area contributed by atoms with Crippen molar-refractivity contribution in [1.29, 1.82) is 0 Å². The second kappa shape index (κ2) is 8.91. The molecule has 5 nitrogen and oxygen atoms in total. The topological polar surface area (TPSA) is 64.6 Å². The molecule has 21 heavy (non-hydrogen) atoms. The highest BCUT2D eigenvalue weighted by Crippen LogP contribution is 2.25. The number of hydrogen-bond donors (Lipinski definition) is 1. The van der Waals surface area contributed by atoms with E-state index in [9.17, 15) is 17.2 Å². The lowest BCUT2D eigenvalue weighted by Gasteiger charge is -2.12. The molecule has 0 amide bonds. The van der Waals surface area contributed by atoms with Crippen LogP contribution in [0.25, 0.3) is 0 Å². The zero-order valence-corrected chi connectivity index (χ0v) is 12.5. The average molecular weight is 323 g/mol. The molecule has 1 aromatic carbocycles. The second-order valence-electron chi connectivity index (χ2n) is 4.19. The van der Waals surface area contributed by atoms with E-state index in [2.05, 4.69) is 5.32 Å². The van der Waals surface area contributed by atoms with Gasteiger partial charge < -0.3 is 14.8 Å². The molecule has 0 saturated carbocycles. The van der Waals surface area contributed by atoms with Gasteiger partial charge in [0.15, 0.2) is 0 Å². The van der Waals surface area contributed by atoms with E-state index < -0.39 is 15.6 Å². The Bertz CT molecular complexity index is 523. The zero-order chi connectivity index (χ0) is 15.7. The van der Waals surface area contributed by atoms with Crippen molar-refractivity contribution in [3.05, 3.63) is 24.3 Å². The van der Waals surface area contributed by atoms with Crippen molar-refractivity contribution in [3.8, 4) is 0 Å². The number of ether oxygens (including phenoxy) is 2. The van der Waals surface area contributed by atoms with Crippen LogP contribution in [0.3, 0.4) is 0 Å². The number of anilines is 1. The summed E-state index contributed by atoms with van der Waals surface area (Å²) in [5.41, 5.74) is 0.176. The summed E-state index contributed by atoms with van der Waals surface area (Å²) in [6, 6.07) is 5.62. The maximum Gasteiger partial charge on any atom is 0.341 e. The molecule has 0 spiro atoms. The lowest BCUT2D eigenvalue weighted by atomic mass is 10.3. The minimum atomic E-state index is -4.61. The van der Waals surface area contributed by atoms with Gasteiger partial charge in [-0.1, -0.05) is 12.1 Å². The first-order chi connectivity index (χ1) is 10.00. The number of sulfone groups is 1. The van der Waals surface area contributed by atoms with E-state index >= 15 is 0 Å². The molecule has 1 aromatic rings. The largest absolute Gasteiger partial charge is 0.384 e.